The number of aromatic nitrogens is 5. The molecule has 0 bridgehead atoms. The van der Waals surface area contributed by atoms with E-state index in [0.29, 0.717) is 31.4 Å². The van der Waals surface area contributed by atoms with Crippen molar-refractivity contribution >= 4 is 24.9 Å². The third-order valence-corrected chi connectivity index (χ3v) is 9.07. The Labute approximate surface area is 226 Å². The van der Waals surface area contributed by atoms with E-state index in [1.807, 2.05) is 18.3 Å². The van der Waals surface area contributed by atoms with Crippen LogP contribution in [0.1, 0.15) is 44.6 Å². The molecule has 5 rings (SSSR count). The Hall–Kier alpha value is -2.71. The van der Waals surface area contributed by atoms with Gasteiger partial charge in [0.2, 0.25) is 0 Å². The average molecular weight is 537 g/mol. The molecular formula is C28H40N6O3Si. The first-order valence-corrected chi connectivity index (χ1v) is 17.5. The molecule has 204 valence electrons. The molecule has 2 fully saturated rings. The van der Waals surface area contributed by atoms with Crippen LogP contribution in [0.4, 0.5) is 5.82 Å². The van der Waals surface area contributed by atoms with Crippen LogP contribution in [0, 0.1) is 11.8 Å². The molecule has 10 heteroatoms. The normalized spacial score (nSPS) is 19.9. The van der Waals surface area contributed by atoms with Gasteiger partial charge in [0, 0.05) is 39.1 Å². The Morgan fingerprint density at radius 2 is 2.03 bits per heavy atom. The summed E-state index contributed by atoms with van der Waals surface area (Å²) in [5.74, 6) is 8.04. The van der Waals surface area contributed by atoms with E-state index in [4.69, 9.17) is 19.6 Å². The molecule has 9 nitrogen and oxygen atoms in total. The average Bonchev–Trinajstić information content (AvgIpc) is 3.52. The number of fused-ring (bicyclic) bond motifs is 1. The lowest BCUT2D eigenvalue weighted by molar-refractivity contribution is 0.0610. The van der Waals surface area contributed by atoms with Gasteiger partial charge in [0.15, 0.2) is 11.5 Å². The van der Waals surface area contributed by atoms with Crippen molar-refractivity contribution in [2.75, 3.05) is 31.3 Å². The van der Waals surface area contributed by atoms with E-state index >= 15 is 0 Å². The molecule has 1 aliphatic heterocycles. The molecule has 0 amide bonds. The summed E-state index contributed by atoms with van der Waals surface area (Å²) in [6.07, 6.45) is 8.33. The Kier molecular flexibility index (Phi) is 7.91. The molecule has 3 aromatic rings. The Bertz CT molecular complexity index is 1310. The van der Waals surface area contributed by atoms with Crippen LogP contribution in [0.2, 0.25) is 25.7 Å². The molecule has 0 unspecified atom stereocenters. The molecule has 3 aromatic heterocycles. The van der Waals surface area contributed by atoms with Gasteiger partial charge in [0.1, 0.15) is 18.1 Å². The number of rotatable bonds is 7. The molecule has 0 aromatic carbocycles. The summed E-state index contributed by atoms with van der Waals surface area (Å²) in [6, 6.07) is 5.27. The summed E-state index contributed by atoms with van der Waals surface area (Å²) in [4.78, 5) is 7.29. The third kappa shape index (κ3) is 6.29. The Balaban J connectivity index is 1.47. The predicted molar refractivity (Wildman–Crippen MR) is 151 cm³/mol. The van der Waals surface area contributed by atoms with Crippen molar-refractivity contribution in [3.05, 3.63) is 30.1 Å². The number of aliphatic hydroxyl groups is 1. The van der Waals surface area contributed by atoms with Crippen LogP contribution in [-0.4, -0.2) is 75.7 Å². The van der Waals surface area contributed by atoms with Crippen molar-refractivity contribution in [3.8, 4) is 17.7 Å². The minimum absolute atomic E-state index is 0.195. The van der Waals surface area contributed by atoms with Crippen molar-refractivity contribution in [2.24, 2.45) is 0 Å². The molecule has 38 heavy (non-hydrogen) atoms. The second-order valence-electron chi connectivity index (χ2n) is 11.8. The number of ether oxygens (including phenoxy) is 2. The Morgan fingerprint density at radius 3 is 2.79 bits per heavy atom. The van der Waals surface area contributed by atoms with Gasteiger partial charge in [0.05, 0.1) is 30.8 Å². The quantitative estimate of drug-likeness (QED) is 0.275. The molecule has 0 radical (unpaired) electrons. The van der Waals surface area contributed by atoms with Crippen molar-refractivity contribution in [3.63, 3.8) is 0 Å². The topological polar surface area (TPSA) is 90.5 Å². The fourth-order valence-corrected chi connectivity index (χ4v) is 5.75. The number of nitrogens with zero attached hydrogens (tertiary/aromatic N) is 6. The van der Waals surface area contributed by atoms with Gasteiger partial charge in [-0.25, -0.2) is 9.67 Å². The molecule has 1 aliphatic carbocycles. The van der Waals surface area contributed by atoms with Gasteiger partial charge in [-0.15, -0.1) is 0 Å². The first-order chi connectivity index (χ1) is 18.2. The van der Waals surface area contributed by atoms with E-state index in [1.54, 1.807) is 15.6 Å². The van der Waals surface area contributed by atoms with Crippen LogP contribution < -0.4 is 4.90 Å². The molecule has 1 N–H and O–H groups in total. The predicted octanol–water partition coefficient (Wildman–Crippen LogP) is 4.20. The summed E-state index contributed by atoms with van der Waals surface area (Å²) < 4.78 is 15.1. The summed E-state index contributed by atoms with van der Waals surface area (Å²) in [5, 5.41) is 21.2. The van der Waals surface area contributed by atoms with Gasteiger partial charge in [-0.1, -0.05) is 37.9 Å². The van der Waals surface area contributed by atoms with E-state index in [1.165, 1.54) is 0 Å². The summed E-state index contributed by atoms with van der Waals surface area (Å²) >= 11 is 0. The molecule has 1 atom stereocenters. The van der Waals surface area contributed by atoms with Gasteiger partial charge in [-0.2, -0.15) is 14.9 Å². The van der Waals surface area contributed by atoms with Gasteiger partial charge in [0.25, 0.3) is 0 Å². The SMILES string of the molecule is C[C@@H]1COCCN1c1cc(C#CC2(O)CCCCC2)c2cnn(-c3ccn(COCC[Si](C)(C)C)n3)c2n1. The number of pyridine rings is 1. The van der Waals surface area contributed by atoms with Gasteiger partial charge in [-0.05, 0) is 44.7 Å². The lowest BCUT2D eigenvalue weighted by Crippen LogP contribution is -2.44. The van der Waals surface area contributed by atoms with Crippen molar-refractivity contribution in [2.45, 2.75) is 83.1 Å². The highest BCUT2D eigenvalue weighted by atomic mass is 28.3. The van der Waals surface area contributed by atoms with E-state index in [9.17, 15) is 5.11 Å². The molecule has 0 spiro atoms. The maximum Gasteiger partial charge on any atom is 0.177 e. The second-order valence-corrected chi connectivity index (χ2v) is 17.5. The number of morpholine rings is 1. The standard InChI is InChI=1S/C28H40N6O3Si/c1-22-20-36-15-14-33(22)26-18-23(8-12-28(35)10-6-5-7-11-28)24-19-29-34(27(24)30-26)25-9-13-32(31-25)21-37-16-17-38(2,3)4/h9,13,18-19,22,35H,5-7,10-11,14-17,20-21H2,1-4H3/t22-/m1/s1. The van der Waals surface area contributed by atoms with E-state index in [0.717, 1.165) is 68.1 Å². The zero-order chi connectivity index (χ0) is 26.8. The minimum atomic E-state index is -1.13. The molecule has 1 saturated carbocycles. The maximum absolute atomic E-state index is 11.0. The van der Waals surface area contributed by atoms with Gasteiger partial charge in [-0.3, -0.25) is 0 Å². The first kappa shape index (κ1) is 26.9. The largest absolute Gasteiger partial charge is 0.378 e. The van der Waals surface area contributed by atoms with E-state index in [2.05, 4.69) is 48.4 Å². The lowest BCUT2D eigenvalue weighted by atomic mass is 9.85. The zero-order valence-corrected chi connectivity index (χ0v) is 24.1. The number of anilines is 1. The fourth-order valence-electron chi connectivity index (χ4n) is 4.99. The van der Waals surface area contributed by atoms with Crippen LogP contribution in [0.3, 0.4) is 0 Å². The first-order valence-electron chi connectivity index (χ1n) is 13.8. The monoisotopic (exact) mass is 536 g/mol. The highest BCUT2D eigenvalue weighted by molar-refractivity contribution is 6.76. The lowest BCUT2D eigenvalue weighted by Gasteiger charge is -2.34. The summed E-state index contributed by atoms with van der Waals surface area (Å²) in [6.45, 7) is 12.4. The molecule has 2 aliphatic rings. The Morgan fingerprint density at radius 1 is 1.21 bits per heavy atom. The second kappa shape index (κ2) is 11.2. The number of hydrogen-bond donors (Lipinski definition) is 1. The zero-order valence-electron chi connectivity index (χ0n) is 23.1. The van der Waals surface area contributed by atoms with Crippen molar-refractivity contribution in [1.82, 2.24) is 24.5 Å². The highest BCUT2D eigenvalue weighted by Gasteiger charge is 2.27. The van der Waals surface area contributed by atoms with Gasteiger partial charge >= 0.3 is 0 Å². The molecular weight excluding hydrogens is 496 g/mol. The van der Waals surface area contributed by atoms with Crippen LogP contribution in [-0.2, 0) is 16.2 Å². The van der Waals surface area contributed by atoms with Crippen LogP contribution >= 0.6 is 0 Å². The summed E-state index contributed by atoms with van der Waals surface area (Å²) in [5.41, 5.74) is 0.596. The van der Waals surface area contributed by atoms with Crippen LogP contribution in [0.5, 0.6) is 0 Å². The molecule has 1 saturated heterocycles. The highest BCUT2D eigenvalue weighted by Crippen LogP contribution is 2.29. The maximum atomic E-state index is 11.0. The van der Waals surface area contributed by atoms with Crippen LogP contribution in [0.25, 0.3) is 16.9 Å². The summed E-state index contributed by atoms with van der Waals surface area (Å²) in [7, 11) is -1.13. The van der Waals surface area contributed by atoms with Crippen molar-refractivity contribution < 1.29 is 14.6 Å². The smallest absolute Gasteiger partial charge is 0.177 e. The van der Waals surface area contributed by atoms with E-state index in [-0.39, 0.29) is 6.04 Å². The van der Waals surface area contributed by atoms with Gasteiger partial charge < -0.3 is 19.5 Å². The van der Waals surface area contributed by atoms with Crippen LogP contribution in [0.15, 0.2) is 24.5 Å². The minimum Gasteiger partial charge on any atom is -0.378 e. The number of hydrogen-bond acceptors (Lipinski definition) is 7. The molecule has 4 heterocycles. The fraction of sp³-hybridized carbons (Fsp3) is 0.607. The van der Waals surface area contributed by atoms with Crippen molar-refractivity contribution in [1.29, 1.82) is 0 Å². The third-order valence-electron chi connectivity index (χ3n) is 7.36. The van der Waals surface area contributed by atoms with E-state index < -0.39 is 13.7 Å².